The van der Waals surface area contributed by atoms with E-state index in [1.165, 1.54) is 6.08 Å². The summed E-state index contributed by atoms with van der Waals surface area (Å²) in [6.45, 7) is 2.27. The highest BCUT2D eigenvalue weighted by Gasteiger charge is 2.13. The molecule has 0 spiro atoms. The van der Waals surface area contributed by atoms with Crippen LogP contribution in [-0.4, -0.2) is 25.0 Å². The Morgan fingerprint density at radius 1 is 1.18 bits per heavy atom. The van der Waals surface area contributed by atoms with Crippen molar-refractivity contribution in [3.63, 3.8) is 0 Å². The standard InChI is InChI=1S/C20H17Cl2N3O3/c1-2-24-18(26)12-28-15-8-6-13(7-9-15)10-14(11-23)20(27)25-17-5-3-4-16(21)19(17)22/h3-10H,2,12H2,1H3,(H,24,26)(H,25,27)/b14-10-. The van der Waals surface area contributed by atoms with E-state index in [2.05, 4.69) is 10.6 Å². The first-order valence-electron chi connectivity index (χ1n) is 8.31. The van der Waals surface area contributed by atoms with Crippen LogP contribution in [0, 0.1) is 11.3 Å². The maximum absolute atomic E-state index is 12.3. The van der Waals surface area contributed by atoms with Crippen LogP contribution in [0.1, 0.15) is 12.5 Å². The third-order valence-electron chi connectivity index (χ3n) is 3.50. The number of amides is 2. The van der Waals surface area contributed by atoms with Gasteiger partial charge in [0.15, 0.2) is 6.61 Å². The first kappa shape index (κ1) is 21.3. The molecule has 0 radical (unpaired) electrons. The van der Waals surface area contributed by atoms with Crippen molar-refractivity contribution >= 4 is 46.8 Å². The van der Waals surface area contributed by atoms with Crippen LogP contribution in [-0.2, 0) is 9.59 Å². The number of carbonyl (C=O) groups is 2. The molecule has 2 rings (SSSR count). The second kappa shape index (κ2) is 10.4. The Morgan fingerprint density at radius 2 is 1.89 bits per heavy atom. The van der Waals surface area contributed by atoms with E-state index in [1.807, 2.05) is 13.0 Å². The maximum atomic E-state index is 12.3. The van der Waals surface area contributed by atoms with Crippen LogP contribution in [0.25, 0.3) is 6.08 Å². The minimum atomic E-state index is -0.608. The van der Waals surface area contributed by atoms with E-state index < -0.39 is 5.91 Å². The molecule has 0 atom stereocenters. The fraction of sp³-hybridized carbons (Fsp3) is 0.150. The topological polar surface area (TPSA) is 91.2 Å². The smallest absolute Gasteiger partial charge is 0.266 e. The molecular weight excluding hydrogens is 401 g/mol. The number of nitrogens with one attached hydrogen (secondary N) is 2. The fourth-order valence-corrected chi connectivity index (χ4v) is 2.51. The lowest BCUT2D eigenvalue weighted by molar-refractivity contribution is -0.123. The van der Waals surface area contributed by atoms with Gasteiger partial charge in [-0.05, 0) is 42.8 Å². The largest absolute Gasteiger partial charge is 0.484 e. The normalized spacial score (nSPS) is 10.7. The van der Waals surface area contributed by atoms with Gasteiger partial charge in [0.2, 0.25) is 0 Å². The molecule has 0 bridgehead atoms. The van der Waals surface area contributed by atoms with Gasteiger partial charge in [-0.1, -0.05) is 41.4 Å². The Balaban J connectivity index is 2.07. The molecule has 2 aromatic rings. The number of nitriles is 1. The molecule has 0 heterocycles. The molecule has 0 saturated carbocycles. The van der Waals surface area contributed by atoms with Gasteiger partial charge in [-0.2, -0.15) is 5.26 Å². The van der Waals surface area contributed by atoms with E-state index in [-0.39, 0.29) is 23.1 Å². The summed E-state index contributed by atoms with van der Waals surface area (Å²) in [4.78, 5) is 23.7. The Kier molecular flexibility index (Phi) is 7.88. The molecular formula is C20H17Cl2N3O3. The lowest BCUT2D eigenvalue weighted by Gasteiger charge is -2.08. The SMILES string of the molecule is CCNC(=O)COc1ccc(/C=C(/C#N)C(=O)Nc2cccc(Cl)c2Cl)cc1. The average molecular weight is 418 g/mol. The molecule has 6 nitrogen and oxygen atoms in total. The summed E-state index contributed by atoms with van der Waals surface area (Å²) in [5.74, 6) is -0.324. The van der Waals surface area contributed by atoms with Crippen molar-refractivity contribution in [2.24, 2.45) is 0 Å². The van der Waals surface area contributed by atoms with Gasteiger partial charge in [-0.25, -0.2) is 0 Å². The number of ether oxygens (including phenoxy) is 1. The lowest BCUT2D eigenvalue weighted by atomic mass is 10.1. The quantitative estimate of drug-likeness (QED) is 0.524. The number of benzene rings is 2. The van der Waals surface area contributed by atoms with Crippen LogP contribution in [0.2, 0.25) is 10.0 Å². The molecule has 0 aliphatic heterocycles. The molecule has 2 aromatic carbocycles. The minimum Gasteiger partial charge on any atom is -0.484 e. The zero-order valence-electron chi connectivity index (χ0n) is 15.0. The molecule has 144 valence electrons. The molecule has 0 aliphatic rings. The predicted octanol–water partition coefficient (Wildman–Crippen LogP) is 4.05. The van der Waals surface area contributed by atoms with Gasteiger partial charge in [0.05, 0.1) is 15.7 Å². The van der Waals surface area contributed by atoms with Crippen LogP contribution in [0.15, 0.2) is 48.0 Å². The first-order chi connectivity index (χ1) is 13.4. The second-order valence-electron chi connectivity index (χ2n) is 5.54. The van der Waals surface area contributed by atoms with Gasteiger partial charge in [-0.3, -0.25) is 9.59 Å². The predicted molar refractivity (Wildman–Crippen MR) is 109 cm³/mol. The summed E-state index contributed by atoms with van der Waals surface area (Å²) < 4.78 is 5.35. The van der Waals surface area contributed by atoms with Crippen molar-refractivity contribution in [2.45, 2.75) is 6.92 Å². The van der Waals surface area contributed by atoms with Gasteiger partial charge >= 0.3 is 0 Å². The molecule has 8 heteroatoms. The van der Waals surface area contributed by atoms with Crippen LogP contribution in [0.3, 0.4) is 0 Å². The van der Waals surface area contributed by atoms with E-state index in [0.29, 0.717) is 28.6 Å². The highest BCUT2D eigenvalue weighted by Crippen LogP contribution is 2.29. The summed E-state index contributed by atoms with van der Waals surface area (Å²) in [6, 6.07) is 13.3. The fourth-order valence-electron chi connectivity index (χ4n) is 2.16. The monoisotopic (exact) mass is 417 g/mol. The Bertz CT molecular complexity index is 935. The molecule has 0 aliphatic carbocycles. The summed E-state index contributed by atoms with van der Waals surface area (Å²) >= 11 is 12.0. The molecule has 2 amide bonds. The number of nitrogens with zero attached hydrogens (tertiary/aromatic N) is 1. The van der Waals surface area contributed by atoms with Crippen molar-refractivity contribution in [3.8, 4) is 11.8 Å². The zero-order chi connectivity index (χ0) is 20.5. The lowest BCUT2D eigenvalue weighted by Crippen LogP contribution is -2.28. The number of anilines is 1. The van der Waals surface area contributed by atoms with E-state index in [0.717, 1.165) is 0 Å². The third kappa shape index (κ3) is 6.02. The maximum Gasteiger partial charge on any atom is 0.266 e. The highest BCUT2D eigenvalue weighted by molar-refractivity contribution is 6.44. The van der Waals surface area contributed by atoms with Crippen molar-refractivity contribution in [1.29, 1.82) is 5.26 Å². The van der Waals surface area contributed by atoms with E-state index in [1.54, 1.807) is 42.5 Å². The summed E-state index contributed by atoms with van der Waals surface area (Å²) in [7, 11) is 0. The van der Waals surface area contributed by atoms with Gasteiger partial charge in [0.1, 0.15) is 17.4 Å². The van der Waals surface area contributed by atoms with Gasteiger partial charge in [0.25, 0.3) is 11.8 Å². The average Bonchev–Trinajstić information content (AvgIpc) is 2.69. The van der Waals surface area contributed by atoms with Crippen LogP contribution < -0.4 is 15.4 Å². The van der Waals surface area contributed by atoms with E-state index >= 15 is 0 Å². The van der Waals surface area contributed by atoms with E-state index in [4.69, 9.17) is 27.9 Å². The molecule has 0 saturated heterocycles. The third-order valence-corrected chi connectivity index (χ3v) is 4.32. The van der Waals surface area contributed by atoms with Gasteiger partial charge in [-0.15, -0.1) is 0 Å². The van der Waals surface area contributed by atoms with Gasteiger partial charge in [0, 0.05) is 6.54 Å². The molecule has 2 N–H and O–H groups in total. The van der Waals surface area contributed by atoms with Crippen molar-refractivity contribution < 1.29 is 14.3 Å². The summed E-state index contributed by atoms with van der Waals surface area (Å²) in [5, 5.41) is 15.0. The zero-order valence-corrected chi connectivity index (χ0v) is 16.5. The molecule has 0 fully saturated rings. The number of hydrogen-bond donors (Lipinski definition) is 2. The van der Waals surface area contributed by atoms with Crippen molar-refractivity contribution in [1.82, 2.24) is 5.32 Å². The Hall–Kier alpha value is -3.01. The molecule has 0 unspecified atom stereocenters. The Morgan fingerprint density at radius 3 is 2.54 bits per heavy atom. The number of hydrogen-bond acceptors (Lipinski definition) is 4. The molecule has 28 heavy (non-hydrogen) atoms. The highest BCUT2D eigenvalue weighted by atomic mass is 35.5. The number of likely N-dealkylation sites (N-methyl/N-ethyl adjacent to an activating group) is 1. The second-order valence-corrected chi connectivity index (χ2v) is 6.32. The summed E-state index contributed by atoms with van der Waals surface area (Å²) in [6.07, 6.45) is 1.43. The Labute approximate surface area is 172 Å². The molecule has 0 aromatic heterocycles. The van der Waals surface area contributed by atoms with Crippen LogP contribution in [0.5, 0.6) is 5.75 Å². The summed E-state index contributed by atoms with van der Waals surface area (Å²) in [5.41, 5.74) is 0.829. The van der Waals surface area contributed by atoms with Crippen LogP contribution >= 0.6 is 23.2 Å². The van der Waals surface area contributed by atoms with E-state index in [9.17, 15) is 14.9 Å². The number of rotatable bonds is 7. The first-order valence-corrected chi connectivity index (χ1v) is 9.07. The van der Waals surface area contributed by atoms with Crippen molar-refractivity contribution in [3.05, 3.63) is 63.6 Å². The van der Waals surface area contributed by atoms with Crippen molar-refractivity contribution in [2.75, 3.05) is 18.5 Å². The van der Waals surface area contributed by atoms with Crippen LogP contribution in [0.4, 0.5) is 5.69 Å². The number of carbonyl (C=O) groups excluding carboxylic acids is 2. The minimum absolute atomic E-state index is 0.0880. The van der Waals surface area contributed by atoms with Gasteiger partial charge < -0.3 is 15.4 Å². The number of halogens is 2.